The van der Waals surface area contributed by atoms with E-state index in [0.717, 1.165) is 12.1 Å². The van der Waals surface area contributed by atoms with Gasteiger partial charge >= 0.3 is 0 Å². The van der Waals surface area contributed by atoms with Gasteiger partial charge in [0.15, 0.2) is 0 Å². The highest BCUT2D eigenvalue weighted by Gasteiger charge is 2.15. The lowest BCUT2D eigenvalue weighted by molar-refractivity contribution is -0.116. The van der Waals surface area contributed by atoms with Crippen molar-refractivity contribution in [2.75, 3.05) is 11.1 Å². The van der Waals surface area contributed by atoms with Crippen molar-refractivity contribution in [1.82, 2.24) is 9.78 Å². The largest absolute Gasteiger partial charge is 0.396 e. The number of hydrogen-bond acceptors (Lipinski definition) is 3. The van der Waals surface area contributed by atoms with Crippen molar-refractivity contribution >= 4 is 40.5 Å². The molecule has 3 N–H and O–H groups in total. The number of rotatable bonds is 3. The van der Waals surface area contributed by atoms with E-state index in [2.05, 4.69) is 10.4 Å². The average Bonchev–Trinajstić information content (AvgIpc) is 2.61. The molecule has 0 bridgehead atoms. The van der Waals surface area contributed by atoms with Crippen LogP contribution in [0.2, 0.25) is 10.0 Å². The summed E-state index contributed by atoms with van der Waals surface area (Å²) in [5.74, 6) is -0.967. The Balaban J connectivity index is 2.17. The third kappa shape index (κ3) is 3.28. The Bertz CT molecular complexity index is 691. The maximum Gasteiger partial charge on any atom is 0.246 e. The summed E-state index contributed by atoms with van der Waals surface area (Å²) in [5.41, 5.74) is 7.85. The minimum Gasteiger partial charge on any atom is -0.396 e. The molecule has 1 heterocycles. The number of aromatic nitrogens is 2. The normalized spacial score (nSPS) is 10.7. The smallest absolute Gasteiger partial charge is 0.246 e. The highest BCUT2D eigenvalue weighted by Crippen LogP contribution is 2.31. The molecule has 5 nitrogen and oxygen atoms in total. The van der Waals surface area contributed by atoms with Crippen LogP contribution in [0.15, 0.2) is 12.1 Å². The van der Waals surface area contributed by atoms with Crippen LogP contribution < -0.4 is 11.1 Å². The second-order valence-corrected chi connectivity index (χ2v) is 5.35. The van der Waals surface area contributed by atoms with Crippen LogP contribution in [0.1, 0.15) is 11.4 Å². The van der Waals surface area contributed by atoms with E-state index < -0.39 is 11.7 Å². The van der Waals surface area contributed by atoms with Crippen molar-refractivity contribution in [2.24, 2.45) is 0 Å². The lowest BCUT2D eigenvalue weighted by Gasteiger charge is -2.10. The number of amides is 1. The quantitative estimate of drug-likeness (QED) is 0.907. The molecule has 1 aromatic heterocycles. The number of hydrogen-bond donors (Lipinski definition) is 2. The van der Waals surface area contributed by atoms with Gasteiger partial charge < -0.3 is 11.1 Å². The Morgan fingerprint density at radius 3 is 2.43 bits per heavy atom. The van der Waals surface area contributed by atoms with Gasteiger partial charge in [-0.2, -0.15) is 5.10 Å². The zero-order valence-corrected chi connectivity index (χ0v) is 12.9. The topological polar surface area (TPSA) is 72.9 Å². The molecule has 0 aliphatic heterocycles. The van der Waals surface area contributed by atoms with Crippen LogP contribution in [0.25, 0.3) is 0 Å². The van der Waals surface area contributed by atoms with E-state index in [4.69, 9.17) is 28.9 Å². The van der Waals surface area contributed by atoms with Crippen molar-refractivity contribution in [3.8, 4) is 0 Å². The summed E-state index contributed by atoms with van der Waals surface area (Å²) in [6, 6.07) is 2.15. The number of anilines is 2. The van der Waals surface area contributed by atoms with Gasteiger partial charge in [0.05, 0.1) is 32.8 Å². The third-order valence-corrected chi connectivity index (χ3v) is 3.60. The summed E-state index contributed by atoms with van der Waals surface area (Å²) in [6.45, 7) is 3.47. The predicted molar refractivity (Wildman–Crippen MR) is 81.2 cm³/mol. The standard InChI is InChI=1S/C13H13Cl2FN4O/c1-6-12(17)7(2)20(19-6)5-11(21)18-13-9(14)3-8(16)4-10(13)15/h3-4H,5,17H2,1-2H3,(H,18,21). The minimum absolute atomic E-state index is 0.0289. The predicted octanol–water partition coefficient (Wildman–Crippen LogP) is 3.17. The first-order valence-electron chi connectivity index (χ1n) is 6.03. The number of nitrogen functional groups attached to an aromatic ring is 1. The number of aryl methyl sites for hydroxylation is 1. The third-order valence-electron chi connectivity index (χ3n) is 3.00. The zero-order valence-electron chi connectivity index (χ0n) is 11.4. The molecule has 0 fully saturated rings. The molecule has 112 valence electrons. The molecule has 0 unspecified atom stereocenters. The number of nitrogens with one attached hydrogen (secondary N) is 1. The second-order valence-electron chi connectivity index (χ2n) is 4.53. The molecule has 2 aromatic rings. The summed E-state index contributed by atoms with van der Waals surface area (Å²) in [7, 11) is 0. The summed E-state index contributed by atoms with van der Waals surface area (Å²) in [5, 5.41) is 6.75. The van der Waals surface area contributed by atoms with E-state index in [-0.39, 0.29) is 22.3 Å². The van der Waals surface area contributed by atoms with Gasteiger partial charge in [-0.25, -0.2) is 4.39 Å². The maximum absolute atomic E-state index is 13.1. The van der Waals surface area contributed by atoms with Crippen molar-refractivity contribution in [3.63, 3.8) is 0 Å². The van der Waals surface area contributed by atoms with E-state index >= 15 is 0 Å². The molecule has 0 spiro atoms. The van der Waals surface area contributed by atoms with Gasteiger partial charge in [0, 0.05) is 0 Å². The van der Waals surface area contributed by atoms with Crippen LogP contribution in [-0.2, 0) is 11.3 Å². The van der Waals surface area contributed by atoms with E-state index in [9.17, 15) is 9.18 Å². The molecule has 8 heteroatoms. The van der Waals surface area contributed by atoms with Crippen molar-refractivity contribution in [2.45, 2.75) is 20.4 Å². The van der Waals surface area contributed by atoms with Gasteiger partial charge in [-0.15, -0.1) is 0 Å². The Kier molecular flexibility index (Phi) is 4.39. The van der Waals surface area contributed by atoms with Crippen LogP contribution in [0.3, 0.4) is 0 Å². The first kappa shape index (κ1) is 15.6. The molecule has 0 saturated carbocycles. The van der Waals surface area contributed by atoms with Crippen LogP contribution in [0.4, 0.5) is 15.8 Å². The molecule has 0 radical (unpaired) electrons. The van der Waals surface area contributed by atoms with E-state index in [0.29, 0.717) is 17.1 Å². The van der Waals surface area contributed by atoms with Crippen molar-refractivity contribution < 1.29 is 9.18 Å². The van der Waals surface area contributed by atoms with Crippen LogP contribution >= 0.6 is 23.2 Å². The number of carbonyl (C=O) groups is 1. The fraction of sp³-hybridized carbons (Fsp3) is 0.231. The van der Waals surface area contributed by atoms with Gasteiger partial charge in [0.1, 0.15) is 12.4 Å². The van der Waals surface area contributed by atoms with Crippen LogP contribution in [0.5, 0.6) is 0 Å². The highest BCUT2D eigenvalue weighted by atomic mass is 35.5. The maximum atomic E-state index is 13.1. The lowest BCUT2D eigenvalue weighted by atomic mass is 10.3. The summed E-state index contributed by atoms with van der Waals surface area (Å²) in [6.07, 6.45) is 0. The summed E-state index contributed by atoms with van der Waals surface area (Å²) < 4.78 is 14.6. The number of benzene rings is 1. The van der Waals surface area contributed by atoms with Gasteiger partial charge in [-0.1, -0.05) is 23.2 Å². The first-order chi connectivity index (χ1) is 9.79. The summed E-state index contributed by atoms with van der Waals surface area (Å²) >= 11 is 11.7. The monoisotopic (exact) mass is 330 g/mol. The molecular weight excluding hydrogens is 318 g/mol. The molecule has 0 saturated heterocycles. The van der Waals surface area contributed by atoms with Crippen molar-refractivity contribution in [3.05, 3.63) is 39.4 Å². The number of nitrogens with two attached hydrogens (primary N) is 1. The fourth-order valence-electron chi connectivity index (χ4n) is 1.84. The van der Waals surface area contributed by atoms with Gasteiger partial charge in [-0.3, -0.25) is 9.48 Å². The lowest BCUT2D eigenvalue weighted by Crippen LogP contribution is -2.20. The zero-order chi connectivity index (χ0) is 15.7. The Morgan fingerprint density at radius 1 is 1.38 bits per heavy atom. The Hall–Kier alpha value is -1.79. The Morgan fingerprint density at radius 2 is 1.95 bits per heavy atom. The number of nitrogens with zero attached hydrogens (tertiary/aromatic N) is 2. The molecule has 0 atom stereocenters. The van der Waals surface area contributed by atoms with E-state index in [1.165, 1.54) is 4.68 Å². The first-order valence-corrected chi connectivity index (χ1v) is 6.79. The highest BCUT2D eigenvalue weighted by molar-refractivity contribution is 6.39. The SMILES string of the molecule is Cc1nn(CC(=O)Nc2c(Cl)cc(F)cc2Cl)c(C)c1N. The molecule has 1 amide bonds. The Labute approximate surface area is 130 Å². The average molecular weight is 331 g/mol. The molecular formula is C13H13Cl2FN4O. The minimum atomic E-state index is -0.575. The van der Waals surface area contributed by atoms with Gasteiger partial charge in [0.25, 0.3) is 0 Å². The van der Waals surface area contributed by atoms with E-state index in [1.807, 2.05) is 0 Å². The molecule has 21 heavy (non-hydrogen) atoms. The van der Waals surface area contributed by atoms with Crippen LogP contribution in [0, 0.1) is 19.7 Å². The van der Waals surface area contributed by atoms with Gasteiger partial charge in [0.2, 0.25) is 5.91 Å². The van der Waals surface area contributed by atoms with Crippen LogP contribution in [-0.4, -0.2) is 15.7 Å². The molecule has 2 rings (SSSR count). The second kappa shape index (κ2) is 5.91. The number of carbonyl (C=O) groups excluding carboxylic acids is 1. The van der Waals surface area contributed by atoms with Gasteiger partial charge in [-0.05, 0) is 26.0 Å². The number of halogens is 3. The van der Waals surface area contributed by atoms with E-state index in [1.54, 1.807) is 13.8 Å². The fourth-order valence-corrected chi connectivity index (χ4v) is 2.40. The van der Waals surface area contributed by atoms with Crippen molar-refractivity contribution in [1.29, 1.82) is 0 Å². The molecule has 1 aromatic carbocycles. The summed E-state index contributed by atoms with van der Waals surface area (Å²) in [4.78, 5) is 12.0. The molecule has 0 aliphatic carbocycles. The molecule has 0 aliphatic rings.